The summed E-state index contributed by atoms with van der Waals surface area (Å²) in [5.74, 6) is -0.462. The van der Waals surface area contributed by atoms with Crippen molar-refractivity contribution in [2.75, 3.05) is 0 Å². The molecular formula is C14H8F4OS. The van der Waals surface area contributed by atoms with Crippen molar-refractivity contribution in [2.45, 2.75) is 16.0 Å². The topological polar surface area (TPSA) is 17.1 Å². The summed E-state index contributed by atoms with van der Waals surface area (Å²) >= 11 is 0.995. The van der Waals surface area contributed by atoms with Crippen molar-refractivity contribution >= 4 is 18.0 Å². The maximum Gasteiger partial charge on any atom is 0.417 e. The van der Waals surface area contributed by atoms with E-state index in [1.165, 1.54) is 24.3 Å². The van der Waals surface area contributed by atoms with E-state index in [1.54, 1.807) is 6.07 Å². The predicted octanol–water partition coefficient (Wildman–Crippen LogP) is 4.81. The monoisotopic (exact) mass is 300 g/mol. The molecule has 0 N–H and O–H groups in total. The largest absolute Gasteiger partial charge is 0.417 e. The lowest BCUT2D eigenvalue weighted by Crippen LogP contribution is -2.08. The summed E-state index contributed by atoms with van der Waals surface area (Å²) in [4.78, 5) is 11.4. The molecule has 0 unspecified atom stereocenters. The molecule has 0 amide bonds. The van der Waals surface area contributed by atoms with Gasteiger partial charge in [0.15, 0.2) is 6.29 Å². The first-order valence-electron chi connectivity index (χ1n) is 5.50. The summed E-state index contributed by atoms with van der Waals surface area (Å²) in [5.41, 5.74) is -1.41. The third-order valence-electron chi connectivity index (χ3n) is 2.49. The van der Waals surface area contributed by atoms with Crippen molar-refractivity contribution in [3.8, 4) is 0 Å². The minimum absolute atomic E-state index is 0.166. The van der Waals surface area contributed by atoms with Crippen LogP contribution in [0.15, 0.2) is 52.3 Å². The second kappa shape index (κ2) is 5.66. The van der Waals surface area contributed by atoms with Crippen LogP contribution >= 0.6 is 11.8 Å². The Bertz CT molecular complexity index is 637. The zero-order chi connectivity index (χ0) is 14.8. The highest BCUT2D eigenvalue weighted by Gasteiger charge is 2.33. The Labute approximate surface area is 116 Å². The van der Waals surface area contributed by atoms with Crippen LogP contribution in [0.2, 0.25) is 0 Å². The van der Waals surface area contributed by atoms with E-state index in [0.717, 1.165) is 23.9 Å². The van der Waals surface area contributed by atoms with Crippen molar-refractivity contribution in [3.05, 3.63) is 59.4 Å². The van der Waals surface area contributed by atoms with E-state index < -0.39 is 23.1 Å². The standard InChI is InChI=1S/C14H8F4OS/c15-10-2-1-3-11(6-10)20-12-5-4-9(8-19)13(7-12)14(16,17)18/h1-8H. The molecule has 2 aromatic rings. The average Bonchev–Trinajstić information content (AvgIpc) is 2.37. The zero-order valence-corrected chi connectivity index (χ0v) is 10.8. The Morgan fingerprint density at radius 1 is 1.00 bits per heavy atom. The number of hydrogen-bond acceptors (Lipinski definition) is 2. The van der Waals surface area contributed by atoms with Crippen molar-refractivity contribution in [1.29, 1.82) is 0 Å². The molecule has 6 heteroatoms. The smallest absolute Gasteiger partial charge is 0.298 e. The summed E-state index contributed by atoms with van der Waals surface area (Å²) in [6.45, 7) is 0. The number of aldehydes is 1. The number of carbonyl (C=O) groups is 1. The molecule has 0 atom stereocenters. The van der Waals surface area contributed by atoms with Crippen LogP contribution < -0.4 is 0 Å². The van der Waals surface area contributed by atoms with E-state index >= 15 is 0 Å². The number of rotatable bonds is 3. The van der Waals surface area contributed by atoms with E-state index in [4.69, 9.17) is 0 Å². The molecule has 0 saturated heterocycles. The molecule has 20 heavy (non-hydrogen) atoms. The summed E-state index contributed by atoms with van der Waals surface area (Å²) in [6.07, 6.45) is -4.44. The van der Waals surface area contributed by atoms with Gasteiger partial charge in [0.25, 0.3) is 0 Å². The maximum atomic E-state index is 13.0. The highest BCUT2D eigenvalue weighted by atomic mass is 32.2. The van der Waals surface area contributed by atoms with E-state index in [0.29, 0.717) is 4.90 Å². The van der Waals surface area contributed by atoms with Crippen LogP contribution in [0.1, 0.15) is 15.9 Å². The molecule has 0 aromatic heterocycles. The van der Waals surface area contributed by atoms with Gasteiger partial charge in [-0.15, -0.1) is 0 Å². The summed E-state index contributed by atoms with van der Waals surface area (Å²) in [6, 6.07) is 8.94. The highest BCUT2D eigenvalue weighted by Crippen LogP contribution is 2.36. The lowest BCUT2D eigenvalue weighted by Gasteiger charge is -2.11. The van der Waals surface area contributed by atoms with E-state index in [2.05, 4.69) is 0 Å². The average molecular weight is 300 g/mol. The molecule has 2 aromatic carbocycles. The minimum atomic E-state index is -4.60. The fraction of sp³-hybridized carbons (Fsp3) is 0.0714. The van der Waals surface area contributed by atoms with Crippen molar-refractivity contribution in [3.63, 3.8) is 0 Å². The quantitative estimate of drug-likeness (QED) is 0.598. The normalized spacial score (nSPS) is 11.4. The first-order valence-corrected chi connectivity index (χ1v) is 6.31. The van der Waals surface area contributed by atoms with Crippen LogP contribution in [0, 0.1) is 5.82 Å². The molecule has 0 bridgehead atoms. The second-order valence-corrected chi connectivity index (χ2v) is 5.07. The lowest BCUT2D eigenvalue weighted by atomic mass is 10.1. The third kappa shape index (κ3) is 3.39. The molecule has 0 heterocycles. The molecule has 0 spiro atoms. The molecule has 0 fully saturated rings. The number of carbonyl (C=O) groups excluding carboxylic acids is 1. The van der Waals surface area contributed by atoms with Gasteiger partial charge >= 0.3 is 6.18 Å². The second-order valence-electron chi connectivity index (χ2n) is 3.92. The van der Waals surface area contributed by atoms with Gasteiger partial charge in [-0.25, -0.2) is 4.39 Å². The van der Waals surface area contributed by atoms with Gasteiger partial charge in [0.1, 0.15) is 5.82 Å². The van der Waals surface area contributed by atoms with Crippen molar-refractivity contribution in [1.82, 2.24) is 0 Å². The predicted molar refractivity (Wildman–Crippen MR) is 67.4 cm³/mol. The van der Waals surface area contributed by atoms with E-state index in [1.807, 2.05) is 0 Å². The molecule has 1 nitrogen and oxygen atoms in total. The van der Waals surface area contributed by atoms with Gasteiger partial charge in [0.2, 0.25) is 0 Å². The van der Waals surface area contributed by atoms with Gasteiger partial charge in [0, 0.05) is 15.4 Å². The zero-order valence-electron chi connectivity index (χ0n) is 9.95. The Hall–Kier alpha value is -1.82. The van der Waals surface area contributed by atoms with Crippen LogP contribution in [-0.4, -0.2) is 6.29 Å². The highest BCUT2D eigenvalue weighted by molar-refractivity contribution is 7.99. The van der Waals surface area contributed by atoms with Gasteiger partial charge in [-0.1, -0.05) is 17.8 Å². The first kappa shape index (κ1) is 14.6. The van der Waals surface area contributed by atoms with Crippen LogP contribution in [0.4, 0.5) is 17.6 Å². The third-order valence-corrected chi connectivity index (χ3v) is 3.47. The summed E-state index contributed by atoms with van der Waals surface area (Å²) < 4.78 is 51.4. The number of benzene rings is 2. The minimum Gasteiger partial charge on any atom is -0.298 e. The maximum absolute atomic E-state index is 13.0. The van der Waals surface area contributed by atoms with E-state index in [9.17, 15) is 22.4 Å². The Balaban J connectivity index is 2.37. The van der Waals surface area contributed by atoms with Gasteiger partial charge in [-0.05, 0) is 36.4 Å². The first-order chi connectivity index (χ1) is 9.40. The lowest BCUT2D eigenvalue weighted by molar-refractivity contribution is -0.138. The number of hydrogen-bond donors (Lipinski definition) is 0. The molecular weight excluding hydrogens is 292 g/mol. The van der Waals surface area contributed by atoms with Gasteiger partial charge in [-0.3, -0.25) is 4.79 Å². The molecule has 0 saturated carbocycles. The van der Waals surface area contributed by atoms with Crippen LogP contribution in [0.3, 0.4) is 0 Å². The SMILES string of the molecule is O=Cc1ccc(Sc2cccc(F)c2)cc1C(F)(F)F. The van der Waals surface area contributed by atoms with E-state index in [-0.39, 0.29) is 11.2 Å². The Kier molecular flexibility index (Phi) is 4.13. The van der Waals surface area contributed by atoms with Crippen LogP contribution in [0.5, 0.6) is 0 Å². The summed E-state index contributed by atoms with van der Waals surface area (Å²) in [5, 5.41) is 0. The molecule has 0 aliphatic heterocycles. The van der Waals surface area contributed by atoms with Crippen molar-refractivity contribution in [2.24, 2.45) is 0 Å². The Morgan fingerprint density at radius 3 is 2.30 bits per heavy atom. The van der Waals surface area contributed by atoms with Gasteiger partial charge < -0.3 is 0 Å². The van der Waals surface area contributed by atoms with Gasteiger partial charge in [-0.2, -0.15) is 13.2 Å². The molecule has 104 valence electrons. The Morgan fingerprint density at radius 2 is 1.70 bits per heavy atom. The van der Waals surface area contributed by atoms with Crippen molar-refractivity contribution < 1.29 is 22.4 Å². The van der Waals surface area contributed by atoms with Gasteiger partial charge in [0.05, 0.1) is 5.56 Å². The molecule has 2 rings (SSSR count). The van der Waals surface area contributed by atoms with Crippen LogP contribution in [-0.2, 0) is 6.18 Å². The molecule has 0 aliphatic rings. The molecule has 0 aliphatic carbocycles. The van der Waals surface area contributed by atoms with Crippen LogP contribution in [0.25, 0.3) is 0 Å². The number of halogens is 4. The number of alkyl halides is 3. The molecule has 0 radical (unpaired) electrons. The fourth-order valence-electron chi connectivity index (χ4n) is 1.61. The fourth-order valence-corrected chi connectivity index (χ4v) is 2.52. The summed E-state index contributed by atoms with van der Waals surface area (Å²) in [7, 11) is 0.